The van der Waals surface area contributed by atoms with E-state index in [-0.39, 0.29) is 11.4 Å². The summed E-state index contributed by atoms with van der Waals surface area (Å²) in [4.78, 5) is 14.4. The molecule has 0 saturated heterocycles. The van der Waals surface area contributed by atoms with Crippen molar-refractivity contribution in [2.24, 2.45) is 4.99 Å². The highest BCUT2D eigenvalue weighted by Crippen LogP contribution is 2.29. The van der Waals surface area contributed by atoms with Gasteiger partial charge in [0.15, 0.2) is 0 Å². The van der Waals surface area contributed by atoms with Crippen LogP contribution in [0.5, 0.6) is 5.75 Å². The third-order valence-corrected chi connectivity index (χ3v) is 2.95. The minimum atomic E-state index is -0.620. The van der Waals surface area contributed by atoms with Gasteiger partial charge in [-0.1, -0.05) is 18.2 Å². The molecule has 0 spiro atoms. The molecule has 0 unspecified atom stereocenters. The topological polar surface area (TPSA) is 75.7 Å². The first-order valence-electron chi connectivity index (χ1n) is 6.06. The zero-order valence-electron chi connectivity index (χ0n) is 11.2. The number of nitrogens with zero attached hydrogens (tertiary/aromatic N) is 2. The molecule has 5 heteroatoms. The molecule has 1 N–H and O–H groups in total. The van der Waals surface area contributed by atoms with Gasteiger partial charge in [-0.15, -0.1) is 0 Å². The molecule has 0 amide bonds. The van der Waals surface area contributed by atoms with Gasteiger partial charge in [0.25, 0.3) is 0 Å². The summed E-state index contributed by atoms with van der Waals surface area (Å²) in [5, 5.41) is 20.6. The summed E-state index contributed by atoms with van der Waals surface area (Å²) in [6, 6.07) is 10.2. The van der Waals surface area contributed by atoms with Gasteiger partial charge in [-0.05, 0) is 37.1 Å². The van der Waals surface area contributed by atoms with Crippen LogP contribution in [0.25, 0.3) is 0 Å². The van der Waals surface area contributed by atoms with Crippen LogP contribution in [0.1, 0.15) is 16.7 Å². The maximum Gasteiger partial charge on any atom is 0.311 e. The molecule has 0 heterocycles. The second kappa shape index (κ2) is 5.52. The fourth-order valence-corrected chi connectivity index (χ4v) is 1.80. The Morgan fingerprint density at radius 2 is 2.00 bits per heavy atom. The van der Waals surface area contributed by atoms with Crippen LogP contribution >= 0.6 is 0 Å². The van der Waals surface area contributed by atoms with Gasteiger partial charge in [-0.2, -0.15) is 0 Å². The van der Waals surface area contributed by atoms with Crippen molar-refractivity contribution in [1.82, 2.24) is 0 Å². The minimum absolute atomic E-state index is 0.320. The van der Waals surface area contributed by atoms with Crippen LogP contribution in [0.15, 0.2) is 41.4 Å². The summed E-state index contributed by atoms with van der Waals surface area (Å²) >= 11 is 0. The fraction of sp³-hybridized carbons (Fsp3) is 0.133. The fourth-order valence-electron chi connectivity index (χ4n) is 1.80. The van der Waals surface area contributed by atoms with E-state index in [4.69, 9.17) is 0 Å². The molecule has 0 aromatic heterocycles. The molecule has 0 bridgehead atoms. The standard InChI is InChI=1S/C15H14N2O3/c1-10-6-7-11(2)13(8-10)16-9-12-4-3-5-14(15(12)18)17(19)20/h3-9,18H,1-2H3. The summed E-state index contributed by atoms with van der Waals surface area (Å²) in [5.74, 6) is -0.369. The van der Waals surface area contributed by atoms with Gasteiger partial charge in [0, 0.05) is 17.8 Å². The predicted octanol–water partition coefficient (Wildman–Crippen LogP) is 3.67. The Bertz CT molecular complexity index is 694. The average molecular weight is 270 g/mol. The van der Waals surface area contributed by atoms with Crippen LogP contribution in [0, 0.1) is 24.0 Å². The zero-order valence-corrected chi connectivity index (χ0v) is 11.2. The lowest BCUT2D eigenvalue weighted by Gasteiger charge is -2.02. The van der Waals surface area contributed by atoms with E-state index in [1.165, 1.54) is 18.3 Å². The van der Waals surface area contributed by atoms with E-state index in [9.17, 15) is 15.2 Å². The number of nitro groups is 1. The molecular weight excluding hydrogens is 256 g/mol. The van der Waals surface area contributed by atoms with E-state index < -0.39 is 4.92 Å². The number of para-hydroxylation sites is 1. The molecule has 0 fully saturated rings. The van der Waals surface area contributed by atoms with Crippen molar-refractivity contribution >= 4 is 17.6 Å². The van der Waals surface area contributed by atoms with Gasteiger partial charge < -0.3 is 5.11 Å². The Balaban J connectivity index is 2.39. The Morgan fingerprint density at radius 1 is 1.25 bits per heavy atom. The van der Waals surface area contributed by atoms with Crippen LogP contribution in [0.3, 0.4) is 0 Å². The molecule has 0 aliphatic heterocycles. The van der Waals surface area contributed by atoms with E-state index in [2.05, 4.69) is 4.99 Å². The highest BCUT2D eigenvalue weighted by Gasteiger charge is 2.14. The highest BCUT2D eigenvalue weighted by atomic mass is 16.6. The van der Waals surface area contributed by atoms with Crippen molar-refractivity contribution in [3.8, 4) is 5.75 Å². The lowest BCUT2D eigenvalue weighted by atomic mass is 10.1. The number of phenols is 1. The SMILES string of the molecule is Cc1ccc(C)c(N=Cc2cccc([N+](=O)[O-])c2O)c1. The normalized spacial score (nSPS) is 10.9. The first-order chi connectivity index (χ1) is 9.49. The van der Waals surface area contributed by atoms with E-state index in [0.717, 1.165) is 16.8 Å². The summed E-state index contributed by atoms with van der Waals surface area (Å²) in [6.07, 6.45) is 1.43. The molecular formula is C15H14N2O3. The maximum atomic E-state index is 10.7. The van der Waals surface area contributed by atoms with Crippen LogP contribution in [-0.2, 0) is 0 Å². The molecule has 0 aliphatic rings. The molecule has 2 aromatic carbocycles. The summed E-state index contributed by atoms with van der Waals surface area (Å²) in [5.41, 5.74) is 2.84. The molecule has 0 atom stereocenters. The van der Waals surface area contributed by atoms with Crippen molar-refractivity contribution in [2.75, 3.05) is 0 Å². The number of rotatable bonds is 3. The van der Waals surface area contributed by atoms with E-state index in [1.807, 2.05) is 32.0 Å². The molecule has 0 radical (unpaired) electrons. The zero-order chi connectivity index (χ0) is 14.7. The van der Waals surface area contributed by atoms with E-state index in [1.54, 1.807) is 6.07 Å². The monoisotopic (exact) mass is 270 g/mol. The van der Waals surface area contributed by atoms with Gasteiger partial charge >= 0.3 is 5.69 Å². The smallest absolute Gasteiger partial charge is 0.311 e. The van der Waals surface area contributed by atoms with Gasteiger partial charge in [0.05, 0.1) is 10.6 Å². The van der Waals surface area contributed by atoms with Gasteiger partial charge in [0.2, 0.25) is 5.75 Å². The van der Waals surface area contributed by atoms with Crippen molar-refractivity contribution in [1.29, 1.82) is 0 Å². The van der Waals surface area contributed by atoms with Crippen molar-refractivity contribution in [2.45, 2.75) is 13.8 Å². The lowest BCUT2D eigenvalue weighted by Crippen LogP contribution is -1.91. The average Bonchev–Trinajstić information content (AvgIpc) is 2.41. The number of phenolic OH excluding ortho intramolecular Hbond substituents is 1. The minimum Gasteiger partial charge on any atom is -0.502 e. The van der Waals surface area contributed by atoms with E-state index >= 15 is 0 Å². The maximum absolute atomic E-state index is 10.7. The number of aryl methyl sites for hydroxylation is 2. The second-order valence-corrected chi connectivity index (χ2v) is 4.52. The summed E-state index contributed by atoms with van der Waals surface area (Å²) < 4.78 is 0. The van der Waals surface area contributed by atoms with Crippen molar-refractivity contribution in [3.05, 3.63) is 63.2 Å². The lowest BCUT2D eigenvalue weighted by molar-refractivity contribution is -0.385. The molecule has 102 valence electrons. The van der Waals surface area contributed by atoms with Gasteiger partial charge in [0.1, 0.15) is 0 Å². The third-order valence-electron chi connectivity index (χ3n) is 2.95. The number of nitro benzene ring substituents is 1. The predicted molar refractivity (Wildman–Crippen MR) is 77.9 cm³/mol. The molecule has 0 saturated carbocycles. The Hall–Kier alpha value is -2.69. The first kappa shape index (κ1) is 13.7. The van der Waals surface area contributed by atoms with Gasteiger partial charge in [-0.3, -0.25) is 15.1 Å². The number of hydrogen-bond donors (Lipinski definition) is 1. The molecule has 20 heavy (non-hydrogen) atoms. The Kier molecular flexibility index (Phi) is 3.79. The number of benzene rings is 2. The Morgan fingerprint density at radius 3 is 2.70 bits per heavy atom. The number of hydrogen-bond acceptors (Lipinski definition) is 4. The third kappa shape index (κ3) is 2.83. The summed E-state index contributed by atoms with van der Waals surface area (Å²) in [7, 11) is 0. The van der Waals surface area contributed by atoms with Crippen molar-refractivity contribution in [3.63, 3.8) is 0 Å². The van der Waals surface area contributed by atoms with Crippen LogP contribution in [0.2, 0.25) is 0 Å². The second-order valence-electron chi connectivity index (χ2n) is 4.52. The first-order valence-corrected chi connectivity index (χ1v) is 6.06. The molecule has 5 nitrogen and oxygen atoms in total. The molecule has 0 aliphatic carbocycles. The molecule has 2 rings (SSSR count). The largest absolute Gasteiger partial charge is 0.502 e. The number of aromatic hydroxyl groups is 1. The molecule has 2 aromatic rings. The number of aliphatic imine (C=N–C) groups is 1. The van der Waals surface area contributed by atoms with E-state index in [0.29, 0.717) is 5.56 Å². The van der Waals surface area contributed by atoms with Crippen LogP contribution in [-0.4, -0.2) is 16.2 Å². The quantitative estimate of drug-likeness (QED) is 0.525. The van der Waals surface area contributed by atoms with Crippen LogP contribution < -0.4 is 0 Å². The van der Waals surface area contributed by atoms with Crippen molar-refractivity contribution < 1.29 is 10.0 Å². The Labute approximate surface area is 116 Å². The van der Waals surface area contributed by atoms with Gasteiger partial charge in [-0.25, -0.2) is 0 Å². The van der Waals surface area contributed by atoms with Crippen LogP contribution in [0.4, 0.5) is 11.4 Å². The highest BCUT2D eigenvalue weighted by molar-refractivity contribution is 5.87. The summed E-state index contributed by atoms with van der Waals surface area (Å²) in [6.45, 7) is 3.89.